The summed E-state index contributed by atoms with van der Waals surface area (Å²) in [6.07, 6.45) is 1.44. The quantitative estimate of drug-likeness (QED) is 0.922. The zero-order valence-electron chi connectivity index (χ0n) is 10.5. The monoisotopic (exact) mass is 309 g/mol. The van der Waals surface area contributed by atoms with Gasteiger partial charge in [-0.25, -0.2) is 0 Å². The van der Waals surface area contributed by atoms with Crippen molar-refractivity contribution in [3.05, 3.63) is 46.0 Å². The van der Waals surface area contributed by atoms with Crippen LogP contribution in [-0.2, 0) is 12.8 Å². The third kappa shape index (κ3) is 3.65. The molecule has 0 aliphatic heterocycles. The zero-order valence-corrected chi connectivity index (χ0v) is 12.1. The molecule has 18 heavy (non-hydrogen) atoms. The number of nitrogens with zero attached hydrogens (tertiary/aromatic N) is 2. The highest BCUT2D eigenvalue weighted by Gasteiger charge is 2.09. The molecule has 5 heteroatoms. The molecular formula is C13H16BrN3O. The van der Waals surface area contributed by atoms with Gasteiger partial charge in [-0.05, 0) is 31.7 Å². The Morgan fingerprint density at radius 3 is 3.00 bits per heavy atom. The van der Waals surface area contributed by atoms with Crippen LogP contribution in [0.25, 0.3) is 0 Å². The van der Waals surface area contributed by atoms with E-state index in [1.165, 1.54) is 0 Å². The van der Waals surface area contributed by atoms with E-state index in [0.29, 0.717) is 18.4 Å². The van der Waals surface area contributed by atoms with E-state index in [-0.39, 0.29) is 0 Å². The summed E-state index contributed by atoms with van der Waals surface area (Å²) in [6.45, 7) is 2.09. The summed E-state index contributed by atoms with van der Waals surface area (Å²) in [5.74, 6) is 1.41. The summed E-state index contributed by atoms with van der Waals surface area (Å²) < 4.78 is 6.31. The maximum Gasteiger partial charge on any atom is 0.231 e. The van der Waals surface area contributed by atoms with Gasteiger partial charge in [-0.2, -0.15) is 4.98 Å². The van der Waals surface area contributed by atoms with Gasteiger partial charge in [0.2, 0.25) is 5.89 Å². The molecule has 0 saturated carbocycles. The van der Waals surface area contributed by atoms with Crippen LogP contribution in [0.1, 0.15) is 24.2 Å². The fourth-order valence-corrected chi connectivity index (χ4v) is 2.09. The van der Waals surface area contributed by atoms with Crippen LogP contribution < -0.4 is 5.32 Å². The smallest absolute Gasteiger partial charge is 0.231 e. The Hall–Kier alpha value is -1.20. The minimum absolute atomic E-state index is 0.348. The molecule has 1 aromatic heterocycles. The van der Waals surface area contributed by atoms with Crippen molar-refractivity contribution in [3.8, 4) is 0 Å². The van der Waals surface area contributed by atoms with Crippen molar-refractivity contribution >= 4 is 15.9 Å². The van der Waals surface area contributed by atoms with Crippen LogP contribution in [0, 0.1) is 0 Å². The van der Waals surface area contributed by atoms with Crippen molar-refractivity contribution in [1.29, 1.82) is 0 Å². The van der Waals surface area contributed by atoms with Crippen molar-refractivity contribution in [3.63, 3.8) is 0 Å². The average molecular weight is 310 g/mol. The van der Waals surface area contributed by atoms with E-state index >= 15 is 0 Å². The SMILES string of the molecule is CNC(C)Cc1noc(Cc2cccc(Br)c2)n1. The Kier molecular flexibility index (Phi) is 4.49. The third-order valence-corrected chi connectivity index (χ3v) is 3.23. The number of hydrogen-bond donors (Lipinski definition) is 1. The summed E-state index contributed by atoms with van der Waals surface area (Å²) in [6, 6.07) is 8.45. The van der Waals surface area contributed by atoms with Crippen LogP contribution in [0.3, 0.4) is 0 Å². The molecule has 0 amide bonds. The molecule has 0 radical (unpaired) electrons. The third-order valence-electron chi connectivity index (χ3n) is 2.74. The van der Waals surface area contributed by atoms with E-state index in [2.05, 4.69) is 44.4 Å². The highest BCUT2D eigenvalue weighted by molar-refractivity contribution is 9.10. The van der Waals surface area contributed by atoms with Crippen molar-refractivity contribution in [1.82, 2.24) is 15.5 Å². The Morgan fingerprint density at radius 2 is 2.28 bits per heavy atom. The molecule has 0 spiro atoms. The lowest BCUT2D eigenvalue weighted by Crippen LogP contribution is -2.24. The van der Waals surface area contributed by atoms with Gasteiger partial charge in [0.05, 0.1) is 6.42 Å². The second kappa shape index (κ2) is 6.11. The van der Waals surface area contributed by atoms with Crippen molar-refractivity contribution in [2.45, 2.75) is 25.8 Å². The molecule has 96 valence electrons. The van der Waals surface area contributed by atoms with Crippen LogP contribution in [0.4, 0.5) is 0 Å². The molecule has 1 heterocycles. The lowest BCUT2D eigenvalue weighted by molar-refractivity contribution is 0.377. The first-order chi connectivity index (χ1) is 8.67. The number of benzene rings is 1. The topological polar surface area (TPSA) is 51.0 Å². The lowest BCUT2D eigenvalue weighted by atomic mass is 10.1. The molecule has 0 saturated heterocycles. The van der Waals surface area contributed by atoms with Crippen LogP contribution in [0.15, 0.2) is 33.3 Å². The number of likely N-dealkylation sites (N-methyl/N-ethyl adjacent to an activating group) is 1. The van der Waals surface area contributed by atoms with Gasteiger partial charge in [-0.15, -0.1) is 0 Å². The molecule has 2 rings (SSSR count). The van der Waals surface area contributed by atoms with Gasteiger partial charge in [-0.1, -0.05) is 33.2 Å². The molecule has 1 atom stereocenters. The molecule has 0 aliphatic rings. The summed E-state index contributed by atoms with van der Waals surface area (Å²) in [7, 11) is 1.92. The minimum Gasteiger partial charge on any atom is -0.339 e. The van der Waals surface area contributed by atoms with Crippen molar-refractivity contribution in [2.24, 2.45) is 0 Å². The Labute approximate surface area is 115 Å². The second-order valence-electron chi connectivity index (χ2n) is 4.30. The van der Waals surface area contributed by atoms with Gasteiger partial charge in [0, 0.05) is 16.9 Å². The molecular weight excluding hydrogens is 294 g/mol. The van der Waals surface area contributed by atoms with Gasteiger partial charge < -0.3 is 9.84 Å². The molecule has 2 aromatic rings. The standard InChI is InChI=1S/C13H16BrN3O/c1-9(15-2)6-12-16-13(18-17-12)8-10-4-3-5-11(14)7-10/h3-5,7,9,15H,6,8H2,1-2H3. The van der Waals surface area contributed by atoms with Crippen LogP contribution in [0.2, 0.25) is 0 Å². The van der Waals surface area contributed by atoms with E-state index in [1.807, 2.05) is 25.2 Å². The Balaban J connectivity index is 2.02. The first-order valence-corrected chi connectivity index (χ1v) is 6.70. The van der Waals surface area contributed by atoms with Crippen LogP contribution in [0.5, 0.6) is 0 Å². The van der Waals surface area contributed by atoms with E-state index < -0.39 is 0 Å². The van der Waals surface area contributed by atoms with E-state index in [9.17, 15) is 0 Å². The maximum absolute atomic E-state index is 5.25. The number of hydrogen-bond acceptors (Lipinski definition) is 4. The summed E-state index contributed by atoms with van der Waals surface area (Å²) in [4.78, 5) is 4.39. The van der Waals surface area contributed by atoms with Gasteiger partial charge >= 0.3 is 0 Å². The number of aromatic nitrogens is 2. The average Bonchev–Trinajstić information content (AvgIpc) is 2.76. The molecule has 0 bridgehead atoms. The van der Waals surface area contributed by atoms with E-state index in [1.54, 1.807) is 0 Å². The van der Waals surface area contributed by atoms with Crippen LogP contribution in [-0.4, -0.2) is 23.2 Å². The Bertz CT molecular complexity index is 512. The predicted molar refractivity (Wildman–Crippen MR) is 73.5 cm³/mol. The predicted octanol–water partition coefficient (Wildman–Crippen LogP) is 2.57. The fraction of sp³-hybridized carbons (Fsp3) is 0.385. The molecule has 1 aromatic carbocycles. The van der Waals surface area contributed by atoms with Crippen LogP contribution >= 0.6 is 15.9 Å². The first kappa shape index (κ1) is 13.2. The van der Waals surface area contributed by atoms with Crippen molar-refractivity contribution < 1.29 is 4.52 Å². The maximum atomic E-state index is 5.25. The highest BCUT2D eigenvalue weighted by Crippen LogP contribution is 2.14. The highest BCUT2D eigenvalue weighted by atomic mass is 79.9. The molecule has 0 aliphatic carbocycles. The molecule has 1 N–H and O–H groups in total. The van der Waals surface area contributed by atoms with E-state index in [0.717, 1.165) is 22.3 Å². The minimum atomic E-state index is 0.348. The number of halogens is 1. The van der Waals surface area contributed by atoms with Gasteiger partial charge in [0.25, 0.3) is 0 Å². The molecule has 1 unspecified atom stereocenters. The Morgan fingerprint density at radius 1 is 1.44 bits per heavy atom. The van der Waals surface area contributed by atoms with Gasteiger partial charge in [0.1, 0.15) is 0 Å². The van der Waals surface area contributed by atoms with Crippen molar-refractivity contribution in [2.75, 3.05) is 7.05 Å². The summed E-state index contributed by atoms with van der Waals surface area (Å²) in [5, 5.41) is 7.14. The second-order valence-corrected chi connectivity index (χ2v) is 5.22. The number of rotatable bonds is 5. The summed E-state index contributed by atoms with van der Waals surface area (Å²) in [5.41, 5.74) is 1.15. The first-order valence-electron chi connectivity index (χ1n) is 5.90. The lowest BCUT2D eigenvalue weighted by Gasteiger charge is -2.04. The largest absolute Gasteiger partial charge is 0.339 e. The summed E-state index contributed by atoms with van der Waals surface area (Å²) >= 11 is 3.45. The zero-order chi connectivity index (χ0) is 13.0. The molecule has 0 fully saturated rings. The molecule has 4 nitrogen and oxygen atoms in total. The fourth-order valence-electron chi connectivity index (χ4n) is 1.64. The van der Waals surface area contributed by atoms with Gasteiger partial charge in [0.15, 0.2) is 5.82 Å². The number of nitrogens with one attached hydrogen (secondary N) is 1. The normalized spacial score (nSPS) is 12.6. The van der Waals surface area contributed by atoms with Gasteiger partial charge in [-0.3, -0.25) is 0 Å². The van der Waals surface area contributed by atoms with E-state index in [4.69, 9.17) is 4.52 Å².